The number of amides is 1. The van der Waals surface area contributed by atoms with E-state index in [0.29, 0.717) is 6.61 Å². The van der Waals surface area contributed by atoms with E-state index in [9.17, 15) is 9.59 Å². The number of hydrogen-bond acceptors (Lipinski definition) is 6. The highest BCUT2D eigenvalue weighted by molar-refractivity contribution is 8.23. The summed E-state index contributed by atoms with van der Waals surface area (Å²) < 4.78 is 5.14. The number of thioether (sulfide) groups is 1. The number of rotatable bonds is 3. The topological polar surface area (TPSA) is 59.0 Å². The fraction of sp³-hybridized carbons (Fsp3) is 0.600. The predicted octanol–water partition coefficient (Wildman–Crippen LogP) is 1.56. The monoisotopic (exact) mass is 274 g/mol. The Kier molecular flexibility index (Phi) is 5.07. The Hall–Kier alpha value is -0.950. The number of carbonyl (C=O) groups is 2. The van der Waals surface area contributed by atoms with Crippen LogP contribution >= 0.6 is 24.0 Å². The maximum atomic E-state index is 11.5. The van der Waals surface area contributed by atoms with Gasteiger partial charge in [0.05, 0.1) is 13.0 Å². The van der Waals surface area contributed by atoms with Gasteiger partial charge >= 0.3 is 5.97 Å². The summed E-state index contributed by atoms with van der Waals surface area (Å²) in [5, 5.41) is 4.75. The molecule has 1 rings (SSSR count). The number of nitrogens with zero attached hydrogens (tertiary/aromatic N) is 2. The molecule has 0 aromatic heterocycles. The summed E-state index contributed by atoms with van der Waals surface area (Å²) in [5.41, 5.74) is 0.724. The van der Waals surface area contributed by atoms with E-state index in [-0.39, 0.29) is 22.6 Å². The van der Waals surface area contributed by atoms with E-state index in [1.165, 1.54) is 5.01 Å². The predicted molar refractivity (Wildman–Crippen MR) is 70.9 cm³/mol. The summed E-state index contributed by atoms with van der Waals surface area (Å²) in [6.07, 6.45) is 0.286. The van der Waals surface area contributed by atoms with Crippen LogP contribution < -0.4 is 0 Å². The molecule has 0 saturated carbocycles. The van der Waals surface area contributed by atoms with E-state index in [0.717, 1.165) is 17.5 Å². The second-order valence-electron chi connectivity index (χ2n) is 3.50. The van der Waals surface area contributed by atoms with Crippen molar-refractivity contribution in [1.82, 2.24) is 5.01 Å². The fourth-order valence-electron chi connectivity index (χ4n) is 1.21. The van der Waals surface area contributed by atoms with Crippen molar-refractivity contribution in [3.8, 4) is 0 Å². The van der Waals surface area contributed by atoms with Crippen molar-refractivity contribution >= 4 is 45.9 Å². The third kappa shape index (κ3) is 3.78. The van der Waals surface area contributed by atoms with Crippen molar-refractivity contribution in [2.45, 2.75) is 32.4 Å². The van der Waals surface area contributed by atoms with Crippen molar-refractivity contribution in [2.24, 2.45) is 5.10 Å². The molecule has 0 radical (unpaired) electrons. The quantitative estimate of drug-likeness (QED) is 0.577. The van der Waals surface area contributed by atoms with E-state index in [1.807, 2.05) is 0 Å². The Morgan fingerprint density at radius 1 is 1.71 bits per heavy atom. The number of esters is 1. The van der Waals surface area contributed by atoms with Gasteiger partial charge in [0.1, 0.15) is 5.25 Å². The summed E-state index contributed by atoms with van der Waals surface area (Å²) in [6, 6.07) is 0. The van der Waals surface area contributed by atoms with E-state index in [1.54, 1.807) is 20.8 Å². The van der Waals surface area contributed by atoms with Gasteiger partial charge in [-0.05, 0) is 20.8 Å². The lowest BCUT2D eigenvalue weighted by Crippen LogP contribution is -2.28. The molecule has 0 N–H and O–H groups in total. The summed E-state index contributed by atoms with van der Waals surface area (Å²) in [4.78, 5) is 22.9. The molecule has 1 aliphatic rings. The minimum Gasteiger partial charge on any atom is -0.465 e. The molecule has 1 aliphatic heterocycles. The second-order valence-corrected chi connectivity index (χ2v) is 5.47. The Balaban J connectivity index is 2.55. The molecular weight excluding hydrogens is 260 g/mol. The highest BCUT2D eigenvalue weighted by atomic mass is 32.2. The molecule has 0 bridgehead atoms. The minimum atomic E-state index is -0.439. The zero-order chi connectivity index (χ0) is 13.0. The molecule has 1 amide bonds. The lowest BCUT2D eigenvalue weighted by molar-refractivity contribution is -0.142. The molecule has 1 unspecified atom stereocenters. The number of carbonyl (C=O) groups excluding carboxylic acids is 2. The molecule has 1 atom stereocenters. The van der Waals surface area contributed by atoms with Gasteiger partial charge in [0, 0.05) is 5.71 Å². The van der Waals surface area contributed by atoms with Crippen LogP contribution in [-0.4, -0.2) is 38.8 Å². The first-order valence-corrected chi connectivity index (χ1v) is 6.48. The molecule has 0 aromatic rings. The van der Waals surface area contributed by atoms with E-state index in [2.05, 4.69) is 5.10 Å². The van der Waals surface area contributed by atoms with Gasteiger partial charge < -0.3 is 4.74 Å². The van der Waals surface area contributed by atoms with Crippen LogP contribution in [0.5, 0.6) is 0 Å². The zero-order valence-electron chi connectivity index (χ0n) is 9.93. The Bertz CT molecular complexity index is 382. The second kappa shape index (κ2) is 6.11. The van der Waals surface area contributed by atoms with Crippen molar-refractivity contribution in [2.75, 3.05) is 6.61 Å². The zero-order valence-corrected chi connectivity index (χ0v) is 11.6. The van der Waals surface area contributed by atoms with Crippen LogP contribution in [0.25, 0.3) is 0 Å². The van der Waals surface area contributed by atoms with Gasteiger partial charge in [0.2, 0.25) is 0 Å². The van der Waals surface area contributed by atoms with Gasteiger partial charge in [-0.15, -0.1) is 0 Å². The van der Waals surface area contributed by atoms with Crippen LogP contribution in [0.3, 0.4) is 0 Å². The third-order valence-electron chi connectivity index (χ3n) is 1.98. The van der Waals surface area contributed by atoms with Gasteiger partial charge in [0.15, 0.2) is 4.32 Å². The molecule has 7 heteroatoms. The Morgan fingerprint density at radius 2 is 2.35 bits per heavy atom. The molecule has 17 heavy (non-hydrogen) atoms. The largest absolute Gasteiger partial charge is 0.465 e. The number of hydrazone groups is 1. The molecular formula is C10H14N2O3S2. The van der Waals surface area contributed by atoms with Crippen LogP contribution in [0.4, 0.5) is 0 Å². The first-order valence-electron chi connectivity index (χ1n) is 5.20. The van der Waals surface area contributed by atoms with Crippen LogP contribution in [0.2, 0.25) is 0 Å². The molecule has 0 spiro atoms. The van der Waals surface area contributed by atoms with Gasteiger partial charge in [-0.2, -0.15) is 10.1 Å². The highest BCUT2D eigenvalue weighted by Gasteiger charge is 2.28. The molecule has 1 heterocycles. The number of thiocarbonyl (C=S) groups is 1. The maximum Gasteiger partial charge on any atom is 0.319 e. The Morgan fingerprint density at radius 3 is 2.82 bits per heavy atom. The SMILES string of the molecule is CCOC(=O)C(C)SC(=S)N1N=C(C)CC1=O. The highest BCUT2D eigenvalue weighted by Crippen LogP contribution is 2.21. The number of hydrogen-bond donors (Lipinski definition) is 0. The third-order valence-corrected chi connectivity index (χ3v) is 3.37. The van der Waals surface area contributed by atoms with Gasteiger partial charge in [-0.1, -0.05) is 24.0 Å². The molecule has 0 aliphatic carbocycles. The van der Waals surface area contributed by atoms with Crippen molar-refractivity contribution in [3.05, 3.63) is 0 Å². The molecule has 0 aromatic carbocycles. The van der Waals surface area contributed by atoms with E-state index >= 15 is 0 Å². The Labute approximate surface area is 110 Å². The standard InChI is InChI=1S/C10H14N2O3S2/c1-4-15-9(14)7(3)17-10(16)12-8(13)5-6(2)11-12/h7H,4-5H2,1-3H3. The summed E-state index contributed by atoms with van der Waals surface area (Å²) >= 11 is 6.18. The first-order chi connectivity index (χ1) is 7.95. The summed E-state index contributed by atoms with van der Waals surface area (Å²) in [5.74, 6) is -0.497. The maximum absolute atomic E-state index is 11.5. The van der Waals surface area contributed by atoms with Crippen molar-refractivity contribution in [3.63, 3.8) is 0 Å². The van der Waals surface area contributed by atoms with E-state index < -0.39 is 5.25 Å². The van der Waals surface area contributed by atoms with Crippen LogP contribution in [0.15, 0.2) is 5.10 Å². The smallest absolute Gasteiger partial charge is 0.319 e. The molecule has 5 nitrogen and oxygen atoms in total. The van der Waals surface area contributed by atoms with Gasteiger partial charge in [-0.3, -0.25) is 9.59 Å². The average Bonchev–Trinajstić information content (AvgIpc) is 2.58. The van der Waals surface area contributed by atoms with E-state index in [4.69, 9.17) is 17.0 Å². The molecule has 94 valence electrons. The van der Waals surface area contributed by atoms with Gasteiger partial charge in [-0.25, -0.2) is 0 Å². The summed E-state index contributed by atoms with van der Waals surface area (Å²) in [7, 11) is 0. The van der Waals surface area contributed by atoms with Crippen molar-refractivity contribution < 1.29 is 14.3 Å². The number of ether oxygens (including phenoxy) is 1. The fourth-order valence-corrected chi connectivity index (χ4v) is 2.49. The van der Waals surface area contributed by atoms with Crippen LogP contribution in [-0.2, 0) is 14.3 Å². The molecule has 0 fully saturated rings. The normalized spacial score (nSPS) is 16.8. The lowest BCUT2D eigenvalue weighted by atomic mass is 10.3. The van der Waals surface area contributed by atoms with Crippen LogP contribution in [0, 0.1) is 0 Å². The average molecular weight is 274 g/mol. The first kappa shape index (κ1) is 14.1. The minimum absolute atomic E-state index is 0.156. The summed E-state index contributed by atoms with van der Waals surface area (Å²) in [6.45, 7) is 5.52. The van der Waals surface area contributed by atoms with Crippen LogP contribution in [0.1, 0.15) is 27.2 Å². The van der Waals surface area contributed by atoms with Gasteiger partial charge in [0.25, 0.3) is 5.91 Å². The lowest BCUT2D eigenvalue weighted by Gasteiger charge is -2.15. The molecule has 0 saturated heterocycles. The van der Waals surface area contributed by atoms with Crippen molar-refractivity contribution in [1.29, 1.82) is 0 Å².